The number of aryl methyl sites for hydroxylation is 1. The third-order valence-corrected chi connectivity index (χ3v) is 3.60. The predicted octanol–water partition coefficient (Wildman–Crippen LogP) is 1.26. The number of rotatable bonds is 7. The summed E-state index contributed by atoms with van der Waals surface area (Å²) in [5.74, 6) is 1.32. The van der Waals surface area contributed by atoms with Gasteiger partial charge in [-0.25, -0.2) is 4.98 Å². The van der Waals surface area contributed by atoms with E-state index in [2.05, 4.69) is 14.9 Å². The van der Waals surface area contributed by atoms with Crippen LogP contribution in [-0.2, 0) is 9.53 Å². The maximum absolute atomic E-state index is 12.0. The van der Waals surface area contributed by atoms with Gasteiger partial charge in [0, 0.05) is 44.5 Å². The highest BCUT2D eigenvalue weighted by Gasteiger charge is 2.23. The number of piperazine rings is 1. The van der Waals surface area contributed by atoms with Gasteiger partial charge >= 0.3 is 0 Å². The quantitative estimate of drug-likeness (QED) is 0.704. The van der Waals surface area contributed by atoms with Crippen molar-refractivity contribution in [3.05, 3.63) is 11.8 Å². The average molecular weight is 322 g/mol. The molecule has 0 spiro atoms. The minimum Gasteiger partial charge on any atom is -0.478 e. The minimum atomic E-state index is 0.0539. The first kappa shape index (κ1) is 17.5. The lowest BCUT2D eigenvalue weighted by Gasteiger charge is -2.34. The molecule has 1 amide bonds. The fourth-order valence-electron chi connectivity index (χ4n) is 2.44. The molecule has 0 aliphatic carbocycles. The van der Waals surface area contributed by atoms with E-state index in [1.165, 1.54) is 0 Å². The number of anilines is 1. The van der Waals surface area contributed by atoms with Gasteiger partial charge in [-0.3, -0.25) is 4.79 Å². The Hall–Kier alpha value is -1.89. The molecule has 23 heavy (non-hydrogen) atoms. The second-order valence-electron chi connectivity index (χ2n) is 5.50. The molecule has 0 saturated carbocycles. The van der Waals surface area contributed by atoms with Crippen LogP contribution in [0.15, 0.2) is 6.07 Å². The first-order valence-electron chi connectivity index (χ1n) is 8.23. The molecule has 0 radical (unpaired) electrons. The first-order chi connectivity index (χ1) is 11.1. The standard InChI is InChI=1S/C16H26N4O3/c1-4-10-22-12-15(21)19-6-8-20(9-7-19)16-17-13(3)11-14(18-16)23-5-2/h11H,4-10,12H2,1-3H3. The molecule has 1 aromatic heterocycles. The summed E-state index contributed by atoms with van der Waals surface area (Å²) < 4.78 is 10.8. The van der Waals surface area contributed by atoms with Crippen LogP contribution >= 0.6 is 0 Å². The lowest BCUT2D eigenvalue weighted by molar-refractivity contribution is -0.136. The summed E-state index contributed by atoms with van der Waals surface area (Å²) in [6.07, 6.45) is 0.925. The lowest BCUT2D eigenvalue weighted by atomic mass is 10.3. The molecule has 7 heteroatoms. The fourth-order valence-corrected chi connectivity index (χ4v) is 2.44. The third kappa shape index (κ3) is 5.06. The van der Waals surface area contributed by atoms with E-state index in [4.69, 9.17) is 9.47 Å². The van der Waals surface area contributed by atoms with Crippen LogP contribution < -0.4 is 9.64 Å². The van der Waals surface area contributed by atoms with E-state index in [-0.39, 0.29) is 12.5 Å². The summed E-state index contributed by atoms with van der Waals surface area (Å²) >= 11 is 0. The normalized spacial score (nSPS) is 14.9. The number of ether oxygens (including phenoxy) is 2. The highest BCUT2D eigenvalue weighted by Crippen LogP contribution is 2.17. The number of carbonyl (C=O) groups excluding carboxylic acids is 1. The van der Waals surface area contributed by atoms with Crippen molar-refractivity contribution in [3.8, 4) is 5.88 Å². The highest BCUT2D eigenvalue weighted by molar-refractivity contribution is 5.77. The minimum absolute atomic E-state index is 0.0539. The maximum Gasteiger partial charge on any atom is 0.248 e. The first-order valence-corrected chi connectivity index (χ1v) is 8.23. The van der Waals surface area contributed by atoms with E-state index in [1.807, 2.05) is 31.7 Å². The van der Waals surface area contributed by atoms with Crippen molar-refractivity contribution < 1.29 is 14.3 Å². The van der Waals surface area contributed by atoms with Crippen molar-refractivity contribution in [3.63, 3.8) is 0 Å². The van der Waals surface area contributed by atoms with Gasteiger partial charge < -0.3 is 19.3 Å². The molecule has 1 aliphatic rings. The van der Waals surface area contributed by atoms with Crippen molar-refractivity contribution in [2.24, 2.45) is 0 Å². The average Bonchev–Trinajstić information content (AvgIpc) is 2.55. The number of carbonyl (C=O) groups is 1. The zero-order valence-corrected chi connectivity index (χ0v) is 14.2. The Morgan fingerprint density at radius 3 is 2.61 bits per heavy atom. The number of amides is 1. The number of hydrogen-bond acceptors (Lipinski definition) is 6. The smallest absolute Gasteiger partial charge is 0.248 e. The van der Waals surface area contributed by atoms with Gasteiger partial charge in [0.2, 0.25) is 17.7 Å². The second kappa shape index (κ2) is 8.67. The van der Waals surface area contributed by atoms with E-state index >= 15 is 0 Å². The summed E-state index contributed by atoms with van der Waals surface area (Å²) in [6, 6.07) is 1.83. The van der Waals surface area contributed by atoms with Crippen molar-refractivity contribution >= 4 is 11.9 Å². The molecule has 128 valence electrons. The predicted molar refractivity (Wildman–Crippen MR) is 87.8 cm³/mol. The number of hydrogen-bond donors (Lipinski definition) is 0. The molecular formula is C16H26N4O3. The molecule has 1 saturated heterocycles. The Morgan fingerprint density at radius 1 is 1.22 bits per heavy atom. The van der Waals surface area contributed by atoms with E-state index in [0.29, 0.717) is 51.2 Å². The Labute approximate surface area is 137 Å². The monoisotopic (exact) mass is 322 g/mol. The van der Waals surface area contributed by atoms with Gasteiger partial charge in [-0.05, 0) is 20.3 Å². The fraction of sp³-hybridized carbons (Fsp3) is 0.688. The van der Waals surface area contributed by atoms with Crippen LogP contribution in [0.25, 0.3) is 0 Å². The summed E-state index contributed by atoms with van der Waals surface area (Å²) in [6.45, 7) is 10.0. The van der Waals surface area contributed by atoms with Gasteiger partial charge in [0.05, 0.1) is 6.61 Å². The highest BCUT2D eigenvalue weighted by atomic mass is 16.5. The second-order valence-corrected chi connectivity index (χ2v) is 5.50. The molecule has 7 nitrogen and oxygen atoms in total. The molecule has 1 aromatic rings. The Kier molecular flexibility index (Phi) is 6.58. The molecule has 0 unspecified atom stereocenters. The lowest BCUT2D eigenvalue weighted by Crippen LogP contribution is -2.50. The van der Waals surface area contributed by atoms with Crippen LogP contribution in [0.2, 0.25) is 0 Å². The van der Waals surface area contributed by atoms with Crippen molar-refractivity contribution in [1.29, 1.82) is 0 Å². The molecule has 1 aliphatic heterocycles. The largest absolute Gasteiger partial charge is 0.478 e. The zero-order chi connectivity index (χ0) is 16.7. The van der Waals surface area contributed by atoms with E-state index < -0.39 is 0 Å². The van der Waals surface area contributed by atoms with Crippen LogP contribution in [0.3, 0.4) is 0 Å². The summed E-state index contributed by atoms with van der Waals surface area (Å²) in [5, 5.41) is 0. The van der Waals surface area contributed by atoms with Gasteiger partial charge in [-0.15, -0.1) is 0 Å². The SMILES string of the molecule is CCCOCC(=O)N1CCN(c2nc(C)cc(OCC)n2)CC1. The molecule has 0 aromatic carbocycles. The molecule has 2 rings (SSSR count). The van der Waals surface area contributed by atoms with Gasteiger partial charge in [0.15, 0.2) is 0 Å². The Balaban J connectivity index is 1.90. The maximum atomic E-state index is 12.0. The molecule has 1 fully saturated rings. The van der Waals surface area contributed by atoms with Crippen LogP contribution in [0.5, 0.6) is 5.88 Å². The van der Waals surface area contributed by atoms with Gasteiger partial charge in [-0.2, -0.15) is 4.98 Å². The summed E-state index contributed by atoms with van der Waals surface area (Å²) in [5.41, 5.74) is 0.880. The van der Waals surface area contributed by atoms with Crippen molar-refractivity contribution in [2.45, 2.75) is 27.2 Å². The van der Waals surface area contributed by atoms with E-state index in [1.54, 1.807) is 0 Å². The van der Waals surface area contributed by atoms with Crippen molar-refractivity contribution in [1.82, 2.24) is 14.9 Å². The summed E-state index contributed by atoms with van der Waals surface area (Å²) in [7, 11) is 0. The van der Waals surface area contributed by atoms with E-state index in [9.17, 15) is 4.79 Å². The molecule has 0 atom stereocenters. The number of nitrogens with zero attached hydrogens (tertiary/aromatic N) is 4. The van der Waals surface area contributed by atoms with Crippen LogP contribution in [0, 0.1) is 6.92 Å². The molecular weight excluding hydrogens is 296 g/mol. The Bertz CT molecular complexity index is 516. The van der Waals surface area contributed by atoms with Crippen LogP contribution in [0.4, 0.5) is 5.95 Å². The van der Waals surface area contributed by atoms with Gasteiger partial charge in [0.25, 0.3) is 0 Å². The summed E-state index contributed by atoms with van der Waals surface area (Å²) in [4.78, 5) is 24.9. The van der Waals surface area contributed by atoms with Crippen LogP contribution in [-0.4, -0.2) is 66.8 Å². The van der Waals surface area contributed by atoms with E-state index in [0.717, 1.165) is 12.1 Å². The number of aromatic nitrogens is 2. The Morgan fingerprint density at radius 2 is 1.96 bits per heavy atom. The topological polar surface area (TPSA) is 67.8 Å². The molecule has 2 heterocycles. The third-order valence-electron chi connectivity index (χ3n) is 3.60. The molecule has 0 N–H and O–H groups in total. The van der Waals surface area contributed by atoms with Crippen LogP contribution in [0.1, 0.15) is 26.0 Å². The van der Waals surface area contributed by atoms with Gasteiger partial charge in [0.1, 0.15) is 6.61 Å². The zero-order valence-electron chi connectivity index (χ0n) is 14.2. The molecule has 0 bridgehead atoms. The van der Waals surface area contributed by atoms with Crippen molar-refractivity contribution in [2.75, 3.05) is 50.9 Å². The van der Waals surface area contributed by atoms with Gasteiger partial charge in [-0.1, -0.05) is 6.92 Å².